The van der Waals surface area contributed by atoms with Gasteiger partial charge < -0.3 is 0 Å². The van der Waals surface area contributed by atoms with Crippen molar-refractivity contribution >= 4 is 32.3 Å². The summed E-state index contributed by atoms with van der Waals surface area (Å²) in [5.74, 6) is 0.491. The maximum atomic E-state index is 2.41. The van der Waals surface area contributed by atoms with E-state index in [4.69, 9.17) is 0 Å². The smallest absolute Gasteiger partial charge is 0.00985 e. The van der Waals surface area contributed by atoms with E-state index < -0.39 is 0 Å². The molecule has 28 heavy (non-hydrogen) atoms. The maximum Gasteiger partial charge on any atom is 0.00985 e. The van der Waals surface area contributed by atoms with E-state index in [2.05, 4.69) is 91.0 Å². The molecule has 0 spiro atoms. The number of benzene rings is 5. The fraction of sp³-hybridized carbons (Fsp3) is 0.143. The van der Waals surface area contributed by atoms with Gasteiger partial charge in [0, 0.05) is 5.92 Å². The molecule has 1 aliphatic rings. The summed E-state index contributed by atoms with van der Waals surface area (Å²) in [6.07, 6.45) is 3.68. The van der Waals surface area contributed by atoms with Crippen molar-refractivity contribution in [1.29, 1.82) is 0 Å². The second kappa shape index (κ2) is 6.21. The van der Waals surface area contributed by atoms with Crippen LogP contribution in [0, 0.1) is 0 Å². The Hall–Kier alpha value is -3.12. The van der Waals surface area contributed by atoms with Crippen molar-refractivity contribution < 1.29 is 0 Å². The molecule has 5 aromatic carbocycles. The molecule has 0 aliphatic heterocycles. The molecular formula is C28H22. The first kappa shape index (κ1) is 15.9. The van der Waals surface area contributed by atoms with E-state index >= 15 is 0 Å². The molecule has 0 saturated heterocycles. The van der Waals surface area contributed by atoms with Gasteiger partial charge in [0.15, 0.2) is 0 Å². The number of aryl methyl sites for hydroxylation is 1. The largest absolute Gasteiger partial charge is 0.0616 e. The van der Waals surface area contributed by atoms with Crippen LogP contribution < -0.4 is 0 Å². The highest BCUT2D eigenvalue weighted by molar-refractivity contribution is 6.08. The third-order valence-electron chi connectivity index (χ3n) is 6.57. The Kier molecular flexibility index (Phi) is 3.52. The van der Waals surface area contributed by atoms with Crippen molar-refractivity contribution in [2.75, 3.05) is 0 Å². The Balaban J connectivity index is 1.61. The van der Waals surface area contributed by atoms with Crippen molar-refractivity contribution in [1.82, 2.24) is 0 Å². The second-order valence-corrected chi connectivity index (χ2v) is 8.03. The molecule has 134 valence electrons. The van der Waals surface area contributed by atoms with Gasteiger partial charge in [-0.3, -0.25) is 0 Å². The van der Waals surface area contributed by atoms with Crippen molar-refractivity contribution in [3.8, 4) is 0 Å². The molecule has 0 aromatic heterocycles. The third kappa shape index (κ3) is 2.31. The molecule has 0 fully saturated rings. The normalized spacial score (nSPS) is 16.5. The van der Waals surface area contributed by atoms with Gasteiger partial charge in [-0.05, 0) is 68.3 Å². The Morgan fingerprint density at radius 1 is 0.500 bits per heavy atom. The number of fused-ring (bicyclic) bond motifs is 6. The zero-order chi connectivity index (χ0) is 18.5. The molecular weight excluding hydrogens is 336 g/mol. The highest BCUT2D eigenvalue weighted by Crippen LogP contribution is 2.42. The molecule has 1 atom stereocenters. The number of rotatable bonds is 1. The third-order valence-corrected chi connectivity index (χ3v) is 6.57. The Morgan fingerprint density at radius 3 is 2.11 bits per heavy atom. The van der Waals surface area contributed by atoms with E-state index in [1.54, 1.807) is 5.56 Å². The van der Waals surface area contributed by atoms with E-state index in [1.165, 1.54) is 62.7 Å². The number of hydrogen-bond donors (Lipinski definition) is 0. The summed E-state index contributed by atoms with van der Waals surface area (Å²) in [5, 5.41) is 8.29. The van der Waals surface area contributed by atoms with E-state index in [-0.39, 0.29) is 0 Å². The van der Waals surface area contributed by atoms with Crippen molar-refractivity contribution in [3.63, 3.8) is 0 Å². The van der Waals surface area contributed by atoms with E-state index in [0.29, 0.717) is 5.92 Å². The first-order valence-electron chi connectivity index (χ1n) is 10.3. The molecule has 0 nitrogen and oxygen atoms in total. The molecule has 0 amide bonds. The summed E-state index contributed by atoms with van der Waals surface area (Å²) in [5.41, 5.74) is 4.58. The molecule has 0 bridgehead atoms. The lowest BCUT2D eigenvalue weighted by atomic mass is 9.76. The van der Waals surface area contributed by atoms with Crippen molar-refractivity contribution in [2.24, 2.45) is 0 Å². The average Bonchev–Trinajstić information content (AvgIpc) is 2.78. The lowest BCUT2D eigenvalue weighted by molar-refractivity contribution is 0.622. The van der Waals surface area contributed by atoms with Crippen LogP contribution in [0.1, 0.15) is 35.4 Å². The van der Waals surface area contributed by atoms with Gasteiger partial charge in [0.25, 0.3) is 0 Å². The van der Waals surface area contributed by atoms with Gasteiger partial charge in [0.05, 0.1) is 0 Å². The van der Waals surface area contributed by atoms with Gasteiger partial charge in [-0.1, -0.05) is 91.0 Å². The molecule has 1 aliphatic carbocycles. The van der Waals surface area contributed by atoms with Crippen molar-refractivity contribution in [3.05, 3.63) is 108 Å². The van der Waals surface area contributed by atoms with E-state index in [9.17, 15) is 0 Å². The van der Waals surface area contributed by atoms with Gasteiger partial charge in [-0.2, -0.15) is 0 Å². The van der Waals surface area contributed by atoms with Crippen LogP contribution in [0.2, 0.25) is 0 Å². The molecule has 0 unspecified atom stereocenters. The first-order valence-corrected chi connectivity index (χ1v) is 10.3. The lowest BCUT2D eigenvalue weighted by Gasteiger charge is -2.28. The zero-order valence-corrected chi connectivity index (χ0v) is 15.9. The SMILES string of the molecule is c1ccc2c([C@@H]3CCCc4c3ccc3c4ccc4ccccc43)cccc2c1. The minimum atomic E-state index is 0.491. The van der Waals surface area contributed by atoms with Crippen molar-refractivity contribution in [2.45, 2.75) is 25.2 Å². The van der Waals surface area contributed by atoms with Gasteiger partial charge >= 0.3 is 0 Å². The lowest BCUT2D eigenvalue weighted by Crippen LogP contribution is -2.12. The van der Waals surface area contributed by atoms with Gasteiger partial charge in [0.1, 0.15) is 0 Å². The summed E-state index contributed by atoms with van der Waals surface area (Å²) in [4.78, 5) is 0. The second-order valence-electron chi connectivity index (χ2n) is 8.03. The van der Waals surface area contributed by atoms with Crippen LogP contribution in [0.25, 0.3) is 32.3 Å². The first-order chi connectivity index (χ1) is 13.9. The predicted molar refractivity (Wildman–Crippen MR) is 120 cm³/mol. The summed E-state index contributed by atoms with van der Waals surface area (Å²) in [7, 11) is 0. The maximum absolute atomic E-state index is 2.41. The van der Waals surface area contributed by atoms with Crippen LogP contribution in [0.5, 0.6) is 0 Å². The summed E-state index contributed by atoms with van der Waals surface area (Å²) in [6.45, 7) is 0. The topological polar surface area (TPSA) is 0 Å². The number of hydrogen-bond acceptors (Lipinski definition) is 0. The van der Waals surface area contributed by atoms with Crippen LogP contribution in [-0.4, -0.2) is 0 Å². The van der Waals surface area contributed by atoms with Crippen LogP contribution in [0.3, 0.4) is 0 Å². The summed E-state index contributed by atoms with van der Waals surface area (Å²) in [6, 6.07) is 33.8. The molecule has 6 rings (SSSR count). The van der Waals surface area contributed by atoms with Gasteiger partial charge in [0.2, 0.25) is 0 Å². The highest BCUT2D eigenvalue weighted by Gasteiger charge is 2.24. The molecule has 0 radical (unpaired) electrons. The Bertz CT molecular complexity index is 1340. The van der Waals surface area contributed by atoms with E-state index in [0.717, 1.165) is 0 Å². The van der Waals surface area contributed by atoms with E-state index in [1.807, 2.05) is 0 Å². The Labute approximate surface area is 165 Å². The van der Waals surface area contributed by atoms with Gasteiger partial charge in [-0.15, -0.1) is 0 Å². The standard InChI is InChI=1S/C28H22/c1-3-10-21-19(7-1)9-5-12-23(21)24-13-6-14-25-27-16-15-20-8-2-4-11-22(20)26(27)17-18-28(24)25/h1-5,7-12,15-18,24H,6,13-14H2/t24-/m0/s1. The Morgan fingerprint density at radius 2 is 1.21 bits per heavy atom. The minimum Gasteiger partial charge on any atom is -0.0616 e. The van der Waals surface area contributed by atoms with Crippen LogP contribution in [0.4, 0.5) is 0 Å². The molecule has 0 saturated carbocycles. The molecule has 0 heteroatoms. The zero-order valence-electron chi connectivity index (χ0n) is 15.9. The van der Waals surface area contributed by atoms with Crippen LogP contribution in [0.15, 0.2) is 91.0 Å². The fourth-order valence-electron chi connectivity index (χ4n) is 5.29. The molecule has 5 aromatic rings. The highest BCUT2D eigenvalue weighted by atomic mass is 14.3. The monoisotopic (exact) mass is 358 g/mol. The summed E-state index contributed by atoms with van der Waals surface area (Å²) >= 11 is 0. The summed E-state index contributed by atoms with van der Waals surface area (Å²) < 4.78 is 0. The van der Waals surface area contributed by atoms with Crippen LogP contribution in [-0.2, 0) is 6.42 Å². The minimum absolute atomic E-state index is 0.491. The average molecular weight is 358 g/mol. The fourth-order valence-corrected chi connectivity index (χ4v) is 5.29. The van der Waals surface area contributed by atoms with Gasteiger partial charge in [-0.25, -0.2) is 0 Å². The molecule has 0 N–H and O–H groups in total. The quantitative estimate of drug-likeness (QED) is 0.270. The predicted octanol–water partition coefficient (Wildman–Crippen LogP) is 7.61. The van der Waals surface area contributed by atoms with Crippen LogP contribution >= 0.6 is 0 Å². The molecule has 0 heterocycles.